The molecule has 1 N–H and O–H groups in total. The third kappa shape index (κ3) is 3.83. The van der Waals surface area contributed by atoms with E-state index in [9.17, 15) is 4.79 Å². The van der Waals surface area contributed by atoms with Gasteiger partial charge in [-0.15, -0.1) is 5.10 Å². The van der Waals surface area contributed by atoms with E-state index >= 15 is 0 Å². The van der Waals surface area contributed by atoms with Crippen LogP contribution in [-0.2, 0) is 6.54 Å². The lowest BCUT2D eigenvalue weighted by Crippen LogP contribution is -2.22. The molecule has 138 valence electrons. The molecule has 0 saturated heterocycles. The van der Waals surface area contributed by atoms with E-state index in [1.165, 1.54) is 0 Å². The number of amides is 1. The largest absolute Gasteiger partial charge is 0.437 e. The molecule has 0 aliphatic heterocycles. The van der Waals surface area contributed by atoms with Crippen LogP contribution in [0.4, 0.5) is 0 Å². The average molecular weight is 369 g/mol. The number of rotatable bonds is 5. The van der Waals surface area contributed by atoms with E-state index in [0.717, 1.165) is 22.0 Å². The van der Waals surface area contributed by atoms with Crippen LogP contribution in [0.5, 0.6) is 11.6 Å². The number of carbonyl (C=O) groups is 1. The van der Waals surface area contributed by atoms with Crippen LogP contribution < -0.4 is 10.1 Å². The van der Waals surface area contributed by atoms with E-state index in [-0.39, 0.29) is 5.91 Å². The summed E-state index contributed by atoms with van der Waals surface area (Å²) in [7, 11) is 0. The summed E-state index contributed by atoms with van der Waals surface area (Å²) >= 11 is 0. The number of nitrogens with one attached hydrogen (secondary N) is 1. The molecule has 1 aromatic heterocycles. The molecule has 5 heteroatoms. The topological polar surface area (TPSA) is 64.1 Å². The Morgan fingerprint density at radius 2 is 1.64 bits per heavy atom. The number of hydrogen-bond donors (Lipinski definition) is 1. The van der Waals surface area contributed by atoms with E-state index in [2.05, 4.69) is 15.5 Å². The number of benzene rings is 3. The van der Waals surface area contributed by atoms with Crippen molar-refractivity contribution >= 4 is 16.7 Å². The van der Waals surface area contributed by atoms with Crippen LogP contribution in [0.1, 0.15) is 21.6 Å². The summed E-state index contributed by atoms with van der Waals surface area (Å²) in [5.41, 5.74) is 2.42. The maximum Gasteiger partial charge on any atom is 0.251 e. The highest BCUT2D eigenvalue weighted by molar-refractivity contribution is 5.94. The number of carbonyl (C=O) groups excluding carboxylic acids is 1. The quantitative estimate of drug-likeness (QED) is 0.556. The van der Waals surface area contributed by atoms with Crippen LogP contribution in [0, 0.1) is 6.92 Å². The molecule has 0 fully saturated rings. The van der Waals surface area contributed by atoms with Gasteiger partial charge in [-0.05, 0) is 36.8 Å². The Kier molecular flexibility index (Phi) is 4.97. The summed E-state index contributed by atoms with van der Waals surface area (Å²) in [5.74, 6) is 0.799. The van der Waals surface area contributed by atoms with Crippen LogP contribution in [-0.4, -0.2) is 16.1 Å². The molecular formula is C23H19N3O2. The molecule has 1 amide bonds. The lowest BCUT2D eigenvalue weighted by molar-refractivity contribution is 0.0950. The number of aryl methyl sites for hydroxylation is 1. The van der Waals surface area contributed by atoms with Crippen LogP contribution in [0.2, 0.25) is 0 Å². The molecule has 0 radical (unpaired) electrons. The number of ether oxygens (including phenoxy) is 1. The minimum atomic E-state index is -0.158. The first kappa shape index (κ1) is 17.7. The van der Waals surface area contributed by atoms with Crippen molar-refractivity contribution in [2.75, 3.05) is 0 Å². The average Bonchev–Trinajstić information content (AvgIpc) is 2.75. The van der Waals surface area contributed by atoms with Crippen molar-refractivity contribution in [1.29, 1.82) is 0 Å². The van der Waals surface area contributed by atoms with Gasteiger partial charge in [-0.2, -0.15) is 5.10 Å². The molecule has 28 heavy (non-hydrogen) atoms. The monoisotopic (exact) mass is 369 g/mol. The molecule has 3 aromatic carbocycles. The van der Waals surface area contributed by atoms with Gasteiger partial charge in [0.15, 0.2) is 0 Å². The Hall–Kier alpha value is -3.73. The van der Waals surface area contributed by atoms with E-state index in [1.54, 1.807) is 24.3 Å². The first-order valence-electron chi connectivity index (χ1n) is 9.03. The predicted molar refractivity (Wildman–Crippen MR) is 108 cm³/mol. The summed E-state index contributed by atoms with van der Waals surface area (Å²) in [6.45, 7) is 2.38. The van der Waals surface area contributed by atoms with Gasteiger partial charge in [0.25, 0.3) is 5.91 Å². The van der Waals surface area contributed by atoms with Crippen molar-refractivity contribution in [1.82, 2.24) is 15.5 Å². The van der Waals surface area contributed by atoms with Gasteiger partial charge in [0.05, 0.1) is 5.69 Å². The molecule has 0 aliphatic carbocycles. The van der Waals surface area contributed by atoms with Crippen molar-refractivity contribution in [3.05, 3.63) is 95.7 Å². The number of hydrogen-bond acceptors (Lipinski definition) is 4. The fourth-order valence-corrected chi connectivity index (χ4v) is 2.98. The molecule has 0 aliphatic rings. The van der Waals surface area contributed by atoms with Crippen molar-refractivity contribution in [3.63, 3.8) is 0 Å². The summed E-state index contributed by atoms with van der Waals surface area (Å²) in [4.78, 5) is 12.5. The minimum Gasteiger partial charge on any atom is -0.437 e. The highest BCUT2D eigenvalue weighted by Gasteiger charge is 2.11. The van der Waals surface area contributed by atoms with Gasteiger partial charge < -0.3 is 10.1 Å². The molecule has 4 aromatic rings. The van der Waals surface area contributed by atoms with Gasteiger partial charge in [-0.3, -0.25) is 4.79 Å². The van der Waals surface area contributed by atoms with E-state index in [4.69, 9.17) is 4.74 Å². The Morgan fingerprint density at radius 1 is 0.893 bits per heavy atom. The van der Waals surface area contributed by atoms with Gasteiger partial charge >= 0.3 is 0 Å². The van der Waals surface area contributed by atoms with Crippen LogP contribution in [0.25, 0.3) is 10.8 Å². The van der Waals surface area contributed by atoms with E-state index < -0.39 is 0 Å². The zero-order valence-electron chi connectivity index (χ0n) is 15.4. The molecule has 0 atom stereocenters. The number of nitrogens with zero attached hydrogens (tertiary/aromatic N) is 2. The Bertz CT molecular complexity index is 1130. The molecule has 1 heterocycles. The predicted octanol–water partition coefficient (Wildman–Crippen LogP) is 4.66. The number of aromatic nitrogens is 2. The first-order chi connectivity index (χ1) is 13.7. The highest BCUT2D eigenvalue weighted by Crippen LogP contribution is 2.28. The van der Waals surface area contributed by atoms with Crippen molar-refractivity contribution in [2.45, 2.75) is 13.5 Å². The SMILES string of the molecule is Cc1nnc(Oc2cccc(C(=O)NCc3ccccc3)c2)c2ccccc12. The van der Waals surface area contributed by atoms with Gasteiger partial charge in [-0.25, -0.2) is 0 Å². The molecular weight excluding hydrogens is 350 g/mol. The third-order valence-electron chi connectivity index (χ3n) is 4.44. The molecule has 0 spiro atoms. The van der Waals surface area contributed by atoms with Gasteiger partial charge in [0.1, 0.15) is 5.75 Å². The molecule has 4 rings (SSSR count). The standard InChI is InChI=1S/C23H19N3O2/c1-16-20-12-5-6-13-21(20)23(26-25-16)28-19-11-7-10-18(14-19)22(27)24-15-17-8-3-2-4-9-17/h2-14H,15H2,1H3,(H,24,27). The van der Waals surface area contributed by atoms with Gasteiger partial charge in [-0.1, -0.05) is 54.6 Å². The summed E-state index contributed by atoms with van der Waals surface area (Å²) in [6.07, 6.45) is 0. The molecule has 0 unspecified atom stereocenters. The normalized spacial score (nSPS) is 10.6. The summed E-state index contributed by atoms with van der Waals surface area (Å²) in [5, 5.41) is 13.1. The fourth-order valence-electron chi connectivity index (χ4n) is 2.98. The second kappa shape index (κ2) is 7.88. The summed E-state index contributed by atoms with van der Waals surface area (Å²) < 4.78 is 5.95. The van der Waals surface area contributed by atoms with E-state index in [0.29, 0.717) is 23.7 Å². The second-order valence-corrected chi connectivity index (χ2v) is 6.43. The Balaban J connectivity index is 1.53. The minimum absolute atomic E-state index is 0.158. The first-order valence-corrected chi connectivity index (χ1v) is 9.03. The lowest BCUT2D eigenvalue weighted by atomic mass is 10.1. The van der Waals surface area contributed by atoms with Crippen LogP contribution in [0.3, 0.4) is 0 Å². The zero-order chi connectivity index (χ0) is 19.3. The zero-order valence-corrected chi connectivity index (χ0v) is 15.4. The smallest absolute Gasteiger partial charge is 0.251 e. The Morgan fingerprint density at radius 3 is 2.46 bits per heavy atom. The Labute approximate surface area is 163 Å². The third-order valence-corrected chi connectivity index (χ3v) is 4.44. The van der Waals surface area contributed by atoms with Gasteiger partial charge in [0.2, 0.25) is 5.88 Å². The van der Waals surface area contributed by atoms with Crippen molar-refractivity contribution in [3.8, 4) is 11.6 Å². The highest BCUT2D eigenvalue weighted by atomic mass is 16.5. The van der Waals surface area contributed by atoms with E-state index in [1.807, 2.05) is 61.5 Å². The van der Waals surface area contributed by atoms with Crippen molar-refractivity contribution in [2.24, 2.45) is 0 Å². The van der Waals surface area contributed by atoms with Gasteiger partial charge in [0, 0.05) is 22.9 Å². The van der Waals surface area contributed by atoms with Crippen LogP contribution in [0.15, 0.2) is 78.9 Å². The lowest BCUT2D eigenvalue weighted by Gasteiger charge is -2.10. The second-order valence-electron chi connectivity index (χ2n) is 6.43. The maximum atomic E-state index is 12.5. The molecule has 0 bridgehead atoms. The molecule has 0 saturated carbocycles. The number of fused-ring (bicyclic) bond motifs is 1. The van der Waals surface area contributed by atoms with Crippen molar-refractivity contribution < 1.29 is 9.53 Å². The molecule has 5 nitrogen and oxygen atoms in total. The summed E-state index contributed by atoms with van der Waals surface area (Å²) in [6, 6.07) is 24.7. The fraction of sp³-hybridized carbons (Fsp3) is 0.0870. The van der Waals surface area contributed by atoms with Crippen LogP contribution >= 0.6 is 0 Å². The maximum absolute atomic E-state index is 12.5.